The first-order valence-corrected chi connectivity index (χ1v) is 17.6. The van der Waals surface area contributed by atoms with E-state index in [9.17, 15) is 14.4 Å². The highest BCUT2D eigenvalue weighted by Crippen LogP contribution is 2.38. The fourth-order valence-corrected chi connectivity index (χ4v) is 6.79. The Hall–Kier alpha value is -4.78. The second-order valence-corrected chi connectivity index (χ2v) is 12.8. The van der Waals surface area contributed by atoms with Gasteiger partial charge in [-0.05, 0) is 86.9 Å². The fraction of sp³-hybridized carbons (Fsp3) is 0.297. The van der Waals surface area contributed by atoms with Crippen LogP contribution in [0.1, 0.15) is 50.4 Å². The minimum absolute atomic E-state index is 0.125. The van der Waals surface area contributed by atoms with Gasteiger partial charge in [0.25, 0.3) is 5.56 Å². The second kappa shape index (κ2) is 17.0. The summed E-state index contributed by atoms with van der Waals surface area (Å²) in [5, 5.41) is 0.917. The third-order valence-corrected chi connectivity index (χ3v) is 9.12. The van der Waals surface area contributed by atoms with Crippen molar-refractivity contribution in [2.45, 2.75) is 40.3 Å². The number of hydrogen-bond acceptors (Lipinski definition) is 11. The molecule has 0 bridgehead atoms. The van der Waals surface area contributed by atoms with Crippen molar-refractivity contribution in [1.82, 2.24) is 4.57 Å². The molecule has 51 heavy (non-hydrogen) atoms. The van der Waals surface area contributed by atoms with Crippen molar-refractivity contribution in [2.24, 2.45) is 4.99 Å². The Morgan fingerprint density at radius 1 is 0.902 bits per heavy atom. The third kappa shape index (κ3) is 8.58. The molecule has 2 heterocycles. The van der Waals surface area contributed by atoms with Gasteiger partial charge in [0.2, 0.25) is 0 Å². The van der Waals surface area contributed by atoms with E-state index in [4.69, 9.17) is 46.9 Å². The van der Waals surface area contributed by atoms with Gasteiger partial charge in [0.1, 0.15) is 6.61 Å². The molecule has 0 radical (unpaired) electrons. The molecule has 0 amide bonds. The van der Waals surface area contributed by atoms with Crippen LogP contribution in [-0.2, 0) is 25.7 Å². The van der Waals surface area contributed by atoms with E-state index >= 15 is 0 Å². The van der Waals surface area contributed by atoms with Crippen LogP contribution in [0.2, 0.25) is 10.0 Å². The van der Waals surface area contributed by atoms with Crippen LogP contribution in [0.25, 0.3) is 6.08 Å². The van der Waals surface area contributed by atoms with E-state index in [0.717, 1.165) is 16.9 Å². The molecule has 0 spiro atoms. The maximum atomic E-state index is 14.3. The molecule has 268 valence electrons. The van der Waals surface area contributed by atoms with Gasteiger partial charge < -0.3 is 28.4 Å². The van der Waals surface area contributed by atoms with E-state index in [0.29, 0.717) is 65.8 Å². The van der Waals surface area contributed by atoms with Crippen molar-refractivity contribution >= 4 is 52.6 Å². The first-order chi connectivity index (χ1) is 24.6. The summed E-state index contributed by atoms with van der Waals surface area (Å²) in [7, 11) is 1.26. The zero-order chi connectivity index (χ0) is 36.7. The fourth-order valence-electron chi connectivity index (χ4n) is 5.35. The van der Waals surface area contributed by atoms with Gasteiger partial charge in [-0.3, -0.25) is 9.36 Å². The average Bonchev–Trinajstić information content (AvgIpc) is 3.41. The Kier molecular flexibility index (Phi) is 12.5. The number of carbonyl (C=O) groups excluding carboxylic acids is 2. The molecule has 0 saturated carbocycles. The molecule has 14 heteroatoms. The summed E-state index contributed by atoms with van der Waals surface area (Å²) in [5.41, 5.74) is 2.24. The van der Waals surface area contributed by atoms with E-state index in [2.05, 4.69) is 9.73 Å². The zero-order valence-corrected chi connectivity index (χ0v) is 30.9. The SMILES string of the molecule is CCOC(=O)C1=C(C)N=c2s/c(=C\c3cc(Cl)c(OCc4ccc(Cl)cc4)c(OCC)c3)c(=O)n2[C@H]1c1ccc(OCC(=O)OC)c(OCC)c1. The second-order valence-electron chi connectivity index (χ2n) is 11.0. The minimum Gasteiger partial charge on any atom is -0.490 e. The predicted molar refractivity (Wildman–Crippen MR) is 194 cm³/mol. The Morgan fingerprint density at radius 2 is 1.63 bits per heavy atom. The molecule has 0 N–H and O–H groups in total. The maximum absolute atomic E-state index is 14.3. The number of hydrogen-bond donors (Lipinski definition) is 0. The van der Waals surface area contributed by atoms with E-state index in [1.54, 1.807) is 69.3 Å². The van der Waals surface area contributed by atoms with Gasteiger partial charge in [-0.2, -0.15) is 0 Å². The van der Waals surface area contributed by atoms with Crippen LogP contribution >= 0.6 is 34.5 Å². The number of aromatic nitrogens is 1. The molecule has 3 aromatic carbocycles. The predicted octanol–water partition coefficient (Wildman–Crippen LogP) is 6.03. The summed E-state index contributed by atoms with van der Waals surface area (Å²) in [6.45, 7) is 7.72. The van der Waals surface area contributed by atoms with Crippen molar-refractivity contribution in [1.29, 1.82) is 0 Å². The molecule has 5 rings (SSSR count). The van der Waals surface area contributed by atoms with Crippen LogP contribution < -0.4 is 33.8 Å². The highest BCUT2D eigenvalue weighted by Gasteiger charge is 2.34. The van der Waals surface area contributed by atoms with Crippen LogP contribution in [0.4, 0.5) is 0 Å². The Bertz CT molecular complexity index is 2140. The van der Waals surface area contributed by atoms with Crippen molar-refractivity contribution in [3.63, 3.8) is 0 Å². The Labute approximate surface area is 308 Å². The van der Waals surface area contributed by atoms with Gasteiger partial charge in [-0.25, -0.2) is 14.6 Å². The van der Waals surface area contributed by atoms with E-state index in [-0.39, 0.29) is 37.6 Å². The van der Waals surface area contributed by atoms with Gasteiger partial charge >= 0.3 is 11.9 Å². The van der Waals surface area contributed by atoms with E-state index in [1.165, 1.54) is 11.7 Å². The average molecular weight is 756 g/mol. The third-order valence-electron chi connectivity index (χ3n) is 7.60. The zero-order valence-electron chi connectivity index (χ0n) is 28.6. The lowest BCUT2D eigenvalue weighted by Crippen LogP contribution is -2.40. The van der Waals surface area contributed by atoms with Crippen LogP contribution in [0, 0.1) is 0 Å². The number of thiazole rings is 1. The number of ether oxygens (including phenoxy) is 6. The lowest BCUT2D eigenvalue weighted by Gasteiger charge is -2.25. The number of allylic oxidation sites excluding steroid dienone is 1. The molecule has 11 nitrogen and oxygen atoms in total. The molecule has 0 saturated heterocycles. The Balaban J connectivity index is 1.59. The van der Waals surface area contributed by atoms with E-state index in [1.807, 2.05) is 19.1 Å². The first-order valence-electron chi connectivity index (χ1n) is 16.1. The van der Waals surface area contributed by atoms with Gasteiger partial charge in [-0.15, -0.1) is 0 Å². The first kappa shape index (κ1) is 37.5. The monoisotopic (exact) mass is 754 g/mol. The molecule has 1 atom stereocenters. The summed E-state index contributed by atoms with van der Waals surface area (Å²) in [6.07, 6.45) is 1.69. The van der Waals surface area contributed by atoms with Crippen molar-refractivity contribution < 1.29 is 38.0 Å². The number of esters is 2. The molecule has 0 fully saturated rings. The number of fused-ring (bicyclic) bond motifs is 1. The standard InChI is InChI=1S/C37H36Cl2N2O9S/c1-6-46-28-18-24(11-14-27(28)49-20-31(42)45-5)33-32(36(44)48-8-3)21(4)40-37-41(33)35(43)30(51-37)17-23-15-26(39)34(29(16-23)47-7-2)50-19-22-9-12-25(38)13-10-22/h9-18,33H,6-8,19-20H2,1-5H3/b30-17-/t33-/m0/s1. The molecular formula is C37H36Cl2N2O9S. The molecule has 1 aliphatic heterocycles. The van der Waals surface area contributed by atoms with Crippen molar-refractivity contribution in [3.05, 3.63) is 112 Å². The van der Waals surface area contributed by atoms with Crippen LogP contribution in [0.15, 0.2) is 75.7 Å². The smallest absolute Gasteiger partial charge is 0.343 e. The highest BCUT2D eigenvalue weighted by molar-refractivity contribution is 7.07. The molecule has 0 unspecified atom stereocenters. The molecule has 0 aliphatic carbocycles. The minimum atomic E-state index is -0.914. The maximum Gasteiger partial charge on any atom is 0.343 e. The molecule has 1 aromatic heterocycles. The number of benzene rings is 3. The number of rotatable bonds is 14. The quantitative estimate of drug-likeness (QED) is 0.142. The number of methoxy groups -OCH3 is 1. The lowest BCUT2D eigenvalue weighted by atomic mass is 9.95. The van der Waals surface area contributed by atoms with Crippen LogP contribution in [0.5, 0.6) is 23.0 Å². The molecule has 4 aromatic rings. The van der Waals surface area contributed by atoms with Crippen molar-refractivity contribution in [3.8, 4) is 23.0 Å². The summed E-state index contributed by atoms with van der Waals surface area (Å²) in [6, 6.07) is 14.8. The van der Waals surface area contributed by atoms with Crippen LogP contribution in [0.3, 0.4) is 0 Å². The summed E-state index contributed by atoms with van der Waals surface area (Å²) < 4.78 is 35.3. The van der Waals surface area contributed by atoms with E-state index < -0.39 is 18.0 Å². The molecule has 1 aliphatic rings. The summed E-state index contributed by atoms with van der Waals surface area (Å²) in [4.78, 5) is 44.5. The Morgan fingerprint density at radius 3 is 2.31 bits per heavy atom. The molecular weight excluding hydrogens is 719 g/mol. The lowest BCUT2D eigenvalue weighted by molar-refractivity contribution is -0.143. The number of halogens is 2. The number of carbonyl (C=O) groups is 2. The summed E-state index contributed by atoms with van der Waals surface area (Å²) >= 11 is 13.9. The van der Waals surface area contributed by atoms with Gasteiger partial charge in [0, 0.05) is 5.02 Å². The van der Waals surface area contributed by atoms with Crippen molar-refractivity contribution in [2.75, 3.05) is 33.5 Å². The van der Waals surface area contributed by atoms with Gasteiger partial charge in [0.15, 0.2) is 34.4 Å². The number of nitrogens with zero attached hydrogens (tertiary/aromatic N) is 2. The summed E-state index contributed by atoms with van der Waals surface area (Å²) in [5.74, 6) is 0.214. The largest absolute Gasteiger partial charge is 0.490 e. The highest BCUT2D eigenvalue weighted by atomic mass is 35.5. The normalized spacial score (nSPS) is 14.0. The van der Waals surface area contributed by atoms with Gasteiger partial charge in [0.05, 0.1) is 53.8 Å². The topological polar surface area (TPSA) is 124 Å². The van der Waals surface area contributed by atoms with Crippen LogP contribution in [-0.4, -0.2) is 50.0 Å². The van der Waals surface area contributed by atoms with Gasteiger partial charge in [-0.1, -0.05) is 52.7 Å².